The third-order valence-electron chi connectivity index (χ3n) is 5.12. The lowest BCUT2D eigenvalue weighted by atomic mass is 10.1. The number of non-ortho nitro benzene ring substituents is 1. The van der Waals surface area contributed by atoms with Gasteiger partial charge in [-0.05, 0) is 44.0 Å². The van der Waals surface area contributed by atoms with Crippen LogP contribution in [0.3, 0.4) is 0 Å². The van der Waals surface area contributed by atoms with Gasteiger partial charge in [0.15, 0.2) is 0 Å². The molecule has 1 amide bonds. The van der Waals surface area contributed by atoms with E-state index >= 15 is 0 Å². The number of aromatic nitrogens is 1. The van der Waals surface area contributed by atoms with E-state index < -0.39 is 10.8 Å². The van der Waals surface area contributed by atoms with E-state index in [0.29, 0.717) is 23.0 Å². The number of hydrogen-bond donors (Lipinski definition) is 1. The summed E-state index contributed by atoms with van der Waals surface area (Å²) in [6.07, 6.45) is 3.56. The van der Waals surface area contributed by atoms with Crippen LogP contribution in [0.4, 0.5) is 17.1 Å². The highest BCUT2D eigenvalue weighted by molar-refractivity contribution is 6.08. The molecule has 0 radical (unpaired) electrons. The minimum atomic E-state index is -0.497. The number of pyridine rings is 1. The molecular formula is C23H22N4O4. The minimum Gasteiger partial charge on any atom is -0.439 e. The summed E-state index contributed by atoms with van der Waals surface area (Å²) in [6, 6.07) is 15.3. The van der Waals surface area contributed by atoms with Crippen LogP contribution in [0.5, 0.6) is 11.6 Å². The van der Waals surface area contributed by atoms with Gasteiger partial charge in [0.05, 0.1) is 28.1 Å². The number of benzene rings is 2. The predicted molar refractivity (Wildman–Crippen MR) is 118 cm³/mol. The van der Waals surface area contributed by atoms with Crippen molar-refractivity contribution in [1.82, 2.24) is 4.98 Å². The molecule has 158 valence electrons. The number of nitro groups is 1. The molecule has 31 heavy (non-hydrogen) atoms. The smallest absolute Gasteiger partial charge is 0.270 e. The van der Waals surface area contributed by atoms with Crippen LogP contribution in [-0.4, -0.2) is 28.9 Å². The maximum atomic E-state index is 13.0. The Labute approximate surface area is 179 Å². The second-order valence-corrected chi connectivity index (χ2v) is 7.41. The van der Waals surface area contributed by atoms with Crippen LogP contribution in [0.15, 0.2) is 60.8 Å². The lowest BCUT2D eigenvalue weighted by molar-refractivity contribution is -0.384. The molecule has 0 unspecified atom stereocenters. The molecular weight excluding hydrogens is 396 g/mol. The molecule has 4 rings (SSSR count). The van der Waals surface area contributed by atoms with E-state index in [1.807, 2.05) is 31.2 Å². The van der Waals surface area contributed by atoms with Gasteiger partial charge in [0, 0.05) is 31.3 Å². The summed E-state index contributed by atoms with van der Waals surface area (Å²) < 4.78 is 5.70. The van der Waals surface area contributed by atoms with Crippen LogP contribution in [0, 0.1) is 17.0 Å². The summed E-state index contributed by atoms with van der Waals surface area (Å²) in [7, 11) is 0. The molecule has 1 aromatic heterocycles. The fraction of sp³-hybridized carbons (Fsp3) is 0.217. The van der Waals surface area contributed by atoms with Gasteiger partial charge in [0.2, 0.25) is 5.88 Å². The molecule has 2 heterocycles. The average Bonchev–Trinajstić information content (AvgIpc) is 3.31. The molecule has 0 atom stereocenters. The van der Waals surface area contributed by atoms with E-state index in [1.54, 1.807) is 18.2 Å². The van der Waals surface area contributed by atoms with Crippen LogP contribution in [0.2, 0.25) is 0 Å². The molecule has 1 saturated heterocycles. The number of nitrogens with zero attached hydrogens (tertiary/aromatic N) is 3. The fourth-order valence-corrected chi connectivity index (χ4v) is 3.49. The first kappa shape index (κ1) is 20.3. The SMILES string of the molecule is Cc1ccc(Oc2ccc(NC(=O)c3cc([N+](=O)[O-])ccc3N3CCCC3)cn2)cc1. The van der Waals surface area contributed by atoms with Crippen molar-refractivity contribution in [1.29, 1.82) is 0 Å². The first-order chi connectivity index (χ1) is 15.0. The molecule has 0 bridgehead atoms. The number of hydrogen-bond acceptors (Lipinski definition) is 6. The highest BCUT2D eigenvalue weighted by atomic mass is 16.6. The highest BCUT2D eigenvalue weighted by Gasteiger charge is 2.22. The van der Waals surface area contributed by atoms with Crippen molar-refractivity contribution in [3.8, 4) is 11.6 Å². The van der Waals surface area contributed by atoms with Crippen molar-refractivity contribution in [2.24, 2.45) is 0 Å². The summed E-state index contributed by atoms with van der Waals surface area (Å²) in [5.74, 6) is 0.649. The zero-order chi connectivity index (χ0) is 21.8. The molecule has 1 aliphatic heterocycles. The van der Waals surface area contributed by atoms with Crippen LogP contribution < -0.4 is 15.0 Å². The van der Waals surface area contributed by atoms with Gasteiger partial charge in [-0.3, -0.25) is 14.9 Å². The van der Waals surface area contributed by atoms with Crippen LogP contribution in [-0.2, 0) is 0 Å². The molecule has 0 saturated carbocycles. The second kappa shape index (κ2) is 8.83. The number of carbonyl (C=O) groups excluding carboxylic acids is 1. The summed E-state index contributed by atoms with van der Waals surface area (Å²) >= 11 is 0. The predicted octanol–water partition coefficient (Wildman–Crippen LogP) is 4.94. The molecule has 0 spiro atoms. The number of amides is 1. The van der Waals surface area contributed by atoms with Gasteiger partial charge in [0.1, 0.15) is 5.75 Å². The Hall–Kier alpha value is -3.94. The van der Waals surface area contributed by atoms with Crippen molar-refractivity contribution in [2.45, 2.75) is 19.8 Å². The first-order valence-electron chi connectivity index (χ1n) is 10.0. The number of rotatable bonds is 6. The number of anilines is 2. The van der Waals surface area contributed by atoms with Gasteiger partial charge >= 0.3 is 0 Å². The van der Waals surface area contributed by atoms with Crippen molar-refractivity contribution in [3.05, 3.63) is 82.0 Å². The average molecular weight is 418 g/mol. The van der Waals surface area contributed by atoms with E-state index in [2.05, 4.69) is 15.2 Å². The molecule has 1 N–H and O–H groups in total. The monoisotopic (exact) mass is 418 g/mol. The van der Waals surface area contributed by atoms with E-state index in [1.165, 1.54) is 18.3 Å². The van der Waals surface area contributed by atoms with Crippen LogP contribution in [0.25, 0.3) is 0 Å². The van der Waals surface area contributed by atoms with Crippen molar-refractivity contribution >= 4 is 23.0 Å². The highest BCUT2D eigenvalue weighted by Crippen LogP contribution is 2.29. The second-order valence-electron chi connectivity index (χ2n) is 7.41. The number of nitrogens with one attached hydrogen (secondary N) is 1. The zero-order valence-corrected chi connectivity index (χ0v) is 17.1. The maximum Gasteiger partial charge on any atom is 0.270 e. The molecule has 3 aromatic rings. The lowest BCUT2D eigenvalue weighted by Crippen LogP contribution is -2.23. The van der Waals surface area contributed by atoms with Gasteiger partial charge in [-0.2, -0.15) is 0 Å². The third kappa shape index (κ3) is 4.80. The number of aryl methyl sites for hydroxylation is 1. The Morgan fingerprint density at radius 3 is 2.48 bits per heavy atom. The zero-order valence-electron chi connectivity index (χ0n) is 17.1. The molecule has 1 aliphatic rings. The van der Waals surface area contributed by atoms with Crippen LogP contribution in [0.1, 0.15) is 28.8 Å². The summed E-state index contributed by atoms with van der Waals surface area (Å²) in [6.45, 7) is 3.64. The van der Waals surface area contributed by atoms with E-state index in [0.717, 1.165) is 31.5 Å². The van der Waals surface area contributed by atoms with Gasteiger partial charge in [-0.15, -0.1) is 0 Å². The quantitative estimate of drug-likeness (QED) is 0.450. The molecule has 8 nitrogen and oxygen atoms in total. The molecule has 8 heteroatoms. The molecule has 2 aromatic carbocycles. The first-order valence-corrected chi connectivity index (χ1v) is 10.0. The molecule has 1 fully saturated rings. The summed E-state index contributed by atoms with van der Waals surface area (Å²) in [4.78, 5) is 30.0. The fourth-order valence-electron chi connectivity index (χ4n) is 3.49. The number of nitro benzene ring substituents is 1. The molecule has 0 aliphatic carbocycles. The topological polar surface area (TPSA) is 97.6 Å². The Bertz CT molecular complexity index is 1090. The lowest BCUT2D eigenvalue weighted by Gasteiger charge is -2.20. The number of ether oxygens (including phenoxy) is 1. The van der Waals surface area contributed by atoms with Gasteiger partial charge in [0.25, 0.3) is 11.6 Å². The van der Waals surface area contributed by atoms with Crippen molar-refractivity contribution in [2.75, 3.05) is 23.3 Å². The van der Waals surface area contributed by atoms with Gasteiger partial charge in [-0.1, -0.05) is 17.7 Å². The number of carbonyl (C=O) groups is 1. The van der Waals surface area contributed by atoms with Crippen molar-refractivity contribution < 1.29 is 14.5 Å². The Morgan fingerprint density at radius 2 is 1.84 bits per heavy atom. The van der Waals surface area contributed by atoms with E-state index in [-0.39, 0.29) is 11.3 Å². The van der Waals surface area contributed by atoms with E-state index in [4.69, 9.17) is 4.74 Å². The van der Waals surface area contributed by atoms with Gasteiger partial charge in [-0.25, -0.2) is 4.98 Å². The van der Waals surface area contributed by atoms with Crippen molar-refractivity contribution in [3.63, 3.8) is 0 Å². The van der Waals surface area contributed by atoms with E-state index in [9.17, 15) is 14.9 Å². The largest absolute Gasteiger partial charge is 0.439 e. The maximum absolute atomic E-state index is 13.0. The normalized spacial score (nSPS) is 13.1. The minimum absolute atomic E-state index is 0.118. The summed E-state index contributed by atoms with van der Waals surface area (Å²) in [5, 5.41) is 14.0. The standard InChI is InChI=1S/C23H22N4O4/c1-16-4-8-19(9-5-16)31-22-11-6-17(15-24-22)25-23(28)20-14-18(27(29)30)7-10-21(20)26-12-2-3-13-26/h4-11,14-15H,2-3,12-13H2,1H3,(H,25,28). The Balaban J connectivity index is 1.51. The third-order valence-corrected chi connectivity index (χ3v) is 5.12. The van der Waals surface area contributed by atoms with Gasteiger partial charge < -0.3 is 15.0 Å². The Kier molecular flexibility index (Phi) is 5.79. The summed E-state index contributed by atoms with van der Waals surface area (Å²) in [5.41, 5.74) is 2.46. The Morgan fingerprint density at radius 1 is 1.10 bits per heavy atom. The van der Waals surface area contributed by atoms with Crippen LogP contribution >= 0.6 is 0 Å².